The maximum absolute atomic E-state index is 12.7. The molecule has 0 aliphatic carbocycles. The van der Waals surface area contributed by atoms with E-state index in [1.807, 2.05) is 39.0 Å². The third-order valence-corrected chi connectivity index (χ3v) is 4.36. The molecule has 0 radical (unpaired) electrons. The molecule has 0 bridgehead atoms. The van der Waals surface area contributed by atoms with E-state index in [1.165, 1.54) is 13.3 Å². The molecule has 3 rings (SSSR count). The van der Waals surface area contributed by atoms with Crippen LogP contribution in [0.4, 0.5) is 17.2 Å². The Morgan fingerprint density at radius 2 is 1.64 bits per heavy atom. The molecule has 1 aromatic heterocycles. The number of hydrogen-bond acceptors (Lipinski definition) is 5. The van der Waals surface area contributed by atoms with Gasteiger partial charge >= 0.3 is 0 Å². The van der Waals surface area contributed by atoms with Crippen LogP contribution in [0.3, 0.4) is 0 Å². The summed E-state index contributed by atoms with van der Waals surface area (Å²) in [5.41, 5.74) is 5.50. The van der Waals surface area contributed by atoms with Gasteiger partial charge in [0.15, 0.2) is 5.78 Å². The highest BCUT2D eigenvalue weighted by atomic mass is 16.2. The highest BCUT2D eigenvalue weighted by Crippen LogP contribution is 2.23. The normalized spacial score (nSPS) is 10.4. The summed E-state index contributed by atoms with van der Waals surface area (Å²) >= 11 is 0. The highest BCUT2D eigenvalue weighted by Gasteiger charge is 2.13. The Morgan fingerprint density at radius 3 is 2.32 bits per heavy atom. The summed E-state index contributed by atoms with van der Waals surface area (Å²) in [5.74, 6) is 0.145. The molecule has 0 unspecified atom stereocenters. The first-order valence-corrected chi connectivity index (χ1v) is 8.93. The number of aryl methyl sites for hydroxylation is 3. The molecule has 0 aliphatic rings. The van der Waals surface area contributed by atoms with Crippen molar-refractivity contribution in [3.8, 4) is 0 Å². The molecule has 28 heavy (non-hydrogen) atoms. The molecule has 2 aromatic carbocycles. The predicted molar refractivity (Wildman–Crippen MR) is 110 cm³/mol. The minimum Gasteiger partial charge on any atom is -0.340 e. The zero-order valence-corrected chi connectivity index (χ0v) is 16.3. The zero-order valence-electron chi connectivity index (χ0n) is 16.3. The van der Waals surface area contributed by atoms with Gasteiger partial charge < -0.3 is 10.6 Å². The number of carbonyl (C=O) groups excluding carboxylic acids is 2. The minimum absolute atomic E-state index is 0.0183. The van der Waals surface area contributed by atoms with Crippen LogP contribution in [-0.4, -0.2) is 21.7 Å². The fourth-order valence-corrected chi connectivity index (χ4v) is 3.07. The number of hydrogen-bond donors (Lipinski definition) is 2. The Bertz CT molecular complexity index is 1040. The number of Topliss-reactive ketones (excluding diaryl/α,β-unsaturated/α-hetero) is 1. The summed E-state index contributed by atoms with van der Waals surface area (Å²) < 4.78 is 0. The van der Waals surface area contributed by atoms with Crippen molar-refractivity contribution in [2.45, 2.75) is 27.7 Å². The smallest absolute Gasteiger partial charge is 0.274 e. The summed E-state index contributed by atoms with van der Waals surface area (Å²) in [7, 11) is 0. The molecule has 6 nitrogen and oxygen atoms in total. The van der Waals surface area contributed by atoms with Crippen LogP contribution in [0.2, 0.25) is 0 Å². The average Bonchev–Trinajstić information content (AvgIpc) is 2.65. The van der Waals surface area contributed by atoms with Crippen LogP contribution in [0.5, 0.6) is 0 Å². The molecule has 0 aliphatic heterocycles. The number of amides is 1. The lowest BCUT2D eigenvalue weighted by Crippen LogP contribution is -2.16. The van der Waals surface area contributed by atoms with E-state index in [1.54, 1.807) is 24.3 Å². The van der Waals surface area contributed by atoms with Crippen LogP contribution in [0, 0.1) is 20.8 Å². The second kappa shape index (κ2) is 8.00. The van der Waals surface area contributed by atoms with Crippen LogP contribution in [0.15, 0.2) is 48.8 Å². The molecule has 0 saturated heterocycles. The van der Waals surface area contributed by atoms with Crippen molar-refractivity contribution < 1.29 is 9.59 Å². The number of aromatic nitrogens is 2. The molecule has 0 spiro atoms. The average molecular weight is 374 g/mol. The maximum atomic E-state index is 12.7. The lowest BCUT2D eigenvalue weighted by atomic mass is 10.0. The molecule has 0 saturated carbocycles. The third-order valence-electron chi connectivity index (χ3n) is 4.36. The monoisotopic (exact) mass is 374 g/mol. The van der Waals surface area contributed by atoms with E-state index in [9.17, 15) is 9.59 Å². The second-order valence-electron chi connectivity index (χ2n) is 6.78. The van der Waals surface area contributed by atoms with Gasteiger partial charge in [-0.05, 0) is 51.0 Å². The minimum atomic E-state index is -0.307. The number of ketones is 1. The second-order valence-corrected chi connectivity index (χ2v) is 6.78. The van der Waals surface area contributed by atoms with Gasteiger partial charge in [-0.2, -0.15) is 0 Å². The molecule has 3 aromatic rings. The number of nitrogens with zero attached hydrogens (tertiary/aromatic N) is 2. The number of benzene rings is 2. The summed E-state index contributed by atoms with van der Waals surface area (Å²) in [6.07, 6.45) is 1.33. The van der Waals surface area contributed by atoms with E-state index < -0.39 is 0 Å². The molecule has 1 heterocycles. The van der Waals surface area contributed by atoms with Crippen molar-refractivity contribution in [1.29, 1.82) is 0 Å². The number of anilines is 3. The Balaban J connectivity index is 1.80. The first kappa shape index (κ1) is 19.2. The summed E-state index contributed by atoms with van der Waals surface area (Å²) in [5, 5.41) is 6.04. The Kier molecular flexibility index (Phi) is 5.49. The van der Waals surface area contributed by atoms with E-state index in [2.05, 4.69) is 20.6 Å². The van der Waals surface area contributed by atoms with Crippen LogP contribution >= 0.6 is 0 Å². The Morgan fingerprint density at radius 1 is 0.929 bits per heavy atom. The molecular weight excluding hydrogens is 352 g/mol. The van der Waals surface area contributed by atoms with Gasteiger partial charge in [-0.1, -0.05) is 29.8 Å². The van der Waals surface area contributed by atoms with Gasteiger partial charge in [-0.15, -0.1) is 0 Å². The van der Waals surface area contributed by atoms with Crippen molar-refractivity contribution in [2.24, 2.45) is 0 Å². The van der Waals surface area contributed by atoms with Crippen LogP contribution in [0.1, 0.15) is 44.5 Å². The molecule has 2 N–H and O–H groups in total. The summed E-state index contributed by atoms with van der Waals surface area (Å²) in [6.45, 7) is 7.46. The topological polar surface area (TPSA) is 84.0 Å². The molecule has 0 fully saturated rings. The van der Waals surface area contributed by atoms with Crippen molar-refractivity contribution in [1.82, 2.24) is 9.97 Å². The van der Waals surface area contributed by atoms with Gasteiger partial charge in [-0.25, -0.2) is 9.97 Å². The quantitative estimate of drug-likeness (QED) is 0.638. The first-order chi connectivity index (χ1) is 13.3. The molecule has 0 atom stereocenters. The van der Waals surface area contributed by atoms with Crippen molar-refractivity contribution in [3.63, 3.8) is 0 Å². The van der Waals surface area contributed by atoms with E-state index in [4.69, 9.17) is 0 Å². The van der Waals surface area contributed by atoms with Gasteiger partial charge in [0.2, 0.25) is 0 Å². The van der Waals surface area contributed by atoms with Gasteiger partial charge in [-0.3, -0.25) is 9.59 Å². The van der Waals surface area contributed by atoms with Gasteiger partial charge in [0.1, 0.15) is 17.8 Å². The fraction of sp³-hybridized carbons (Fsp3) is 0.182. The van der Waals surface area contributed by atoms with E-state index >= 15 is 0 Å². The third kappa shape index (κ3) is 4.40. The molecule has 142 valence electrons. The number of carbonyl (C=O) groups is 2. The predicted octanol–water partition coefficient (Wildman–Crippen LogP) is 4.60. The van der Waals surface area contributed by atoms with E-state index in [-0.39, 0.29) is 17.4 Å². The fourth-order valence-electron chi connectivity index (χ4n) is 3.07. The van der Waals surface area contributed by atoms with Gasteiger partial charge in [0, 0.05) is 23.0 Å². The van der Waals surface area contributed by atoms with Crippen molar-refractivity contribution in [2.75, 3.05) is 10.6 Å². The standard InChI is InChI=1S/C22H22N4O2/c1-13-8-14(2)21(15(3)9-13)26-22(28)19-11-20(24-12-23-19)25-18-7-5-6-17(10-18)16(4)27/h5-12H,1-4H3,(H,26,28)(H,23,24,25). The van der Waals surface area contributed by atoms with Crippen LogP contribution in [-0.2, 0) is 0 Å². The SMILES string of the molecule is CC(=O)c1cccc(Nc2cc(C(=O)Nc3c(C)cc(C)cc3C)ncn2)c1. The van der Waals surface area contributed by atoms with Crippen molar-refractivity contribution >= 4 is 28.9 Å². The Hall–Kier alpha value is -3.54. The number of nitrogens with one attached hydrogen (secondary N) is 2. The van der Waals surface area contributed by atoms with Crippen LogP contribution in [0.25, 0.3) is 0 Å². The molecule has 1 amide bonds. The molecular formula is C22H22N4O2. The largest absolute Gasteiger partial charge is 0.340 e. The van der Waals surface area contributed by atoms with Crippen molar-refractivity contribution in [3.05, 3.63) is 76.7 Å². The molecule has 6 heteroatoms. The lowest BCUT2D eigenvalue weighted by Gasteiger charge is -2.13. The lowest BCUT2D eigenvalue weighted by molar-refractivity contribution is 0.101. The van der Waals surface area contributed by atoms with Gasteiger partial charge in [0.05, 0.1) is 0 Å². The maximum Gasteiger partial charge on any atom is 0.274 e. The highest BCUT2D eigenvalue weighted by molar-refractivity contribution is 6.04. The summed E-state index contributed by atoms with van der Waals surface area (Å²) in [4.78, 5) is 32.5. The first-order valence-electron chi connectivity index (χ1n) is 8.93. The van der Waals surface area contributed by atoms with Gasteiger partial charge in [0.25, 0.3) is 5.91 Å². The zero-order chi connectivity index (χ0) is 20.3. The van der Waals surface area contributed by atoms with E-state index in [0.717, 1.165) is 22.4 Å². The van der Waals surface area contributed by atoms with Crippen LogP contribution < -0.4 is 10.6 Å². The Labute approximate surface area is 164 Å². The summed E-state index contributed by atoms with van der Waals surface area (Å²) in [6, 6.07) is 12.7. The number of rotatable bonds is 5. The van der Waals surface area contributed by atoms with E-state index in [0.29, 0.717) is 17.1 Å².